The van der Waals surface area contributed by atoms with Crippen LogP contribution in [-0.2, 0) is 14.4 Å². The number of ketones is 2. The van der Waals surface area contributed by atoms with Crippen LogP contribution in [0.3, 0.4) is 0 Å². The number of carbonyl (C=O) groups excluding carboxylic acids is 3. The van der Waals surface area contributed by atoms with E-state index in [9.17, 15) is 14.4 Å². The van der Waals surface area contributed by atoms with Crippen LogP contribution in [-0.4, -0.2) is 42.1 Å². The number of Topliss-reactive ketones (excluding diaryl/α,β-unsaturated/α-hetero) is 2. The van der Waals surface area contributed by atoms with Crippen molar-refractivity contribution in [2.45, 2.75) is 93.4 Å². The summed E-state index contributed by atoms with van der Waals surface area (Å²) in [4.78, 5) is 43.4. The summed E-state index contributed by atoms with van der Waals surface area (Å²) < 4.78 is 12.8. The van der Waals surface area contributed by atoms with Gasteiger partial charge in [-0.1, -0.05) is 46.8 Å². The highest BCUT2D eigenvalue weighted by Gasteiger charge is 2.49. The lowest BCUT2D eigenvalue weighted by Crippen LogP contribution is -2.44. The van der Waals surface area contributed by atoms with Gasteiger partial charge in [-0.25, -0.2) is 0 Å². The Morgan fingerprint density at radius 1 is 0.935 bits per heavy atom. The van der Waals surface area contributed by atoms with Crippen LogP contribution in [0.5, 0.6) is 11.5 Å². The molecule has 0 fully saturated rings. The molecule has 0 saturated carbocycles. The normalized spacial score (nSPS) is 19.2. The second-order valence-electron chi connectivity index (χ2n) is 14.5. The molecule has 2 aromatic carbocycles. The van der Waals surface area contributed by atoms with E-state index in [1.165, 1.54) is 0 Å². The number of hydrogen-bond acceptors (Lipinski definition) is 6. The van der Waals surface area contributed by atoms with Gasteiger partial charge in [0.05, 0.1) is 11.1 Å². The van der Waals surface area contributed by atoms with Crippen LogP contribution in [0.25, 0.3) is 0 Å². The highest BCUT2D eigenvalue weighted by Crippen LogP contribution is 2.55. The zero-order valence-electron chi connectivity index (χ0n) is 28.5. The minimum atomic E-state index is -0.498. The van der Waals surface area contributed by atoms with Gasteiger partial charge in [0.2, 0.25) is 0 Å². The predicted octanol–water partition coefficient (Wildman–Crippen LogP) is 8.58. The van der Waals surface area contributed by atoms with Crippen molar-refractivity contribution in [3.8, 4) is 11.5 Å². The maximum absolute atomic E-state index is 14.1. The molecule has 1 aliphatic heterocycles. The Bertz CT molecular complexity index is 1600. The third-order valence-corrected chi connectivity index (χ3v) is 9.95. The van der Waals surface area contributed by atoms with Gasteiger partial charge in [0.1, 0.15) is 0 Å². The molecule has 0 bridgehead atoms. The number of carbonyl (C=O) groups is 3. The highest BCUT2D eigenvalue weighted by atomic mass is 79.9. The zero-order valence-corrected chi connectivity index (χ0v) is 30.1. The molecule has 5 rings (SSSR count). The molecular weight excluding hydrogens is 644 g/mol. The first-order valence-corrected chi connectivity index (χ1v) is 17.2. The Kier molecular flexibility index (Phi) is 9.61. The molecule has 46 heavy (non-hydrogen) atoms. The molecule has 1 N–H and O–H groups in total. The van der Waals surface area contributed by atoms with Crippen LogP contribution in [0.2, 0.25) is 0 Å². The summed E-state index contributed by atoms with van der Waals surface area (Å²) >= 11 is 3.70. The minimum Gasteiger partial charge on any atom is -0.490 e. The van der Waals surface area contributed by atoms with Gasteiger partial charge in [-0.2, -0.15) is 0 Å². The summed E-state index contributed by atoms with van der Waals surface area (Å²) in [7, 11) is 0. The molecule has 7 nitrogen and oxygen atoms in total. The number of amides is 1. The Morgan fingerprint density at radius 2 is 1.54 bits per heavy atom. The van der Waals surface area contributed by atoms with Gasteiger partial charge in [0, 0.05) is 53.5 Å². The lowest BCUT2D eigenvalue weighted by molar-refractivity contribution is -0.120. The van der Waals surface area contributed by atoms with Gasteiger partial charge in [0.15, 0.2) is 29.7 Å². The van der Waals surface area contributed by atoms with Crippen molar-refractivity contribution >= 4 is 39.1 Å². The minimum absolute atomic E-state index is 0.0964. The number of rotatable bonds is 9. The topological polar surface area (TPSA) is 84.9 Å². The van der Waals surface area contributed by atoms with Crippen LogP contribution in [0.4, 0.5) is 5.69 Å². The number of hydrogen-bond donors (Lipinski definition) is 1. The van der Waals surface area contributed by atoms with Gasteiger partial charge >= 0.3 is 0 Å². The average molecular weight is 692 g/mol. The number of allylic oxidation sites excluding steroid dienone is 4. The largest absolute Gasteiger partial charge is 0.490 e. The van der Waals surface area contributed by atoms with E-state index in [1.807, 2.05) is 51.1 Å². The SMILES string of the molecule is CCCN1C2=C(C(=O)CC(C)(C)C2)C(c2cc(Br)c(OCC(=O)Nc3cccc(C)c3C)c(OCC)c2)C2=C1CC(C)(C)CC2=O. The van der Waals surface area contributed by atoms with Gasteiger partial charge in [0.25, 0.3) is 5.91 Å². The number of nitrogens with zero attached hydrogens (tertiary/aromatic N) is 1. The molecule has 8 heteroatoms. The maximum atomic E-state index is 14.1. The van der Waals surface area contributed by atoms with E-state index < -0.39 is 5.92 Å². The van der Waals surface area contributed by atoms with Gasteiger partial charge in [-0.3, -0.25) is 14.4 Å². The lowest BCUT2D eigenvalue weighted by Gasteiger charge is -2.49. The maximum Gasteiger partial charge on any atom is 0.262 e. The Labute approximate surface area is 281 Å². The molecular formula is C38H47BrN2O5. The number of anilines is 1. The van der Waals surface area contributed by atoms with Crippen LogP contribution in [0.1, 0.15) is 96.3 Å². The monoisotopic (exact) mass is 690 g/mol. The van der Waals surface area contributed by atoms with Gasteiger partial charge in [-0.05, 0) is 102 Å². The van der Waals surface area contributed by atoms with Crippen molar-refractivity contribution in [2.75, 3.05) is 25.1 Å². The van der Waals surface area contributed by atoms with E-state index in [4.69, 9.17) is 9.47 Å². The summed E-state index contributed by atoms with van der Waals surface area (Å²) in [6.45, 7) is 17.5. The fourth-order valence-corrected chi connectivity index (χ4v) is 7.82. The van der Waals surface area contributed by atoms with E-state index >= 15 is 0 Å². The molecule has 2 aliphatic carbocycles. The second kappa shape index (κ2) is 13.0. The Hall–Kier alpha value is -3.39. The fraction of sp³-hybridized carbons (Fsp3) is 0.500. The third kappa shape index (κ3) is 6.69. The first kappa shape index (κ1) is 34.0. The quantitative estimate of drug-likeness (QED) is 0.284. The van der Waals surface area contributed by atoms with Crippen LogP contribution in [0.15, 0.2) is 57.3 Å². The summed E-state index contributed by atoms with van der Waals surface area (Å²) in [6, 6.07) is 9.60. The lowest BCUT2D eigenvalue weighted by atomic mass is 9.63. The van der Waals surface area contributed by atoms with E-state index in [-0.39, 0.29) is 34.9 Å². The number of aryl methyl sites for hydroxylation is 1. The first-order valence-electron chi connectivity index (χ1n) is 16.4. The van der Waals surface area contributed by atoms with Crippen molar-refractivity contribution < 1.29 is 23.9 Å². The molecule has 0 unspecified atom stereocenters. The molecule has 2 aromatic rings. The van der Waals surface area contributed by atoms with Crippen molar-refractivity contribution in [2.24, 2.45) is 10.8 Å². The van der Waals surface area contributed by atoms with E-state index in [0.29, 0.717) is 35.4 Å². The van der Waals surface area contributed by atoms with Crippen LogP contribution in [0, 0.1) is 24.7 Å². The van der Waals surface area contributed by atoms with Crippen LogP contribution < -0.4 is 14.8 Å². The summed E-state index contributed by atoms with van der Waals surface area (Å²) in [6.07, 6.45) is 3.31. The standard InChI is InChI=1S/C38H47BrN2O5/c1-9-14-41-27-17-37(5,6)19-29(42)34(27)33(35-28(41)18-38(7,8)20-30(35)43)24-15-25(39)36(31(16-24)45-10-2)46-21-32(44)40-26-13-11-12-22(3)23(26)4/h11-13,15-16,33H,9-10,14,17-21H2,1-8H3,(H,40,44). The van der Waals surface area contributed by atoms with E-state index in [2.05, 4.69) is 60.8 Å². The summed E-state index contributed by atoms with van der Waals surface area (Å²) in [5.41, 5.74) is 6.86. The number of ether oxygens (including phenoxy) is 2. The molecule has 0 spiro atoms. The molecule has 0 aromatic heterocycles. The molecule has 1 amide bonds. The van der Waals surface area contributed by atoms with Crippen molar-refractivity contribution in [3.63, 3.8) is 0 Å². The summed E-state index contributed by atoms with van der Waals surface area (Å²) in [5.74, 6) is 0.269. The fourth-order valence-electron chi connectivity index (χ4n) is 7.24. The number of benzene rings is 2. The van der Waals surface area contributed by atoms with E-state index in [1.54, 1.807) is 0 Å². The van der Waals surface area contributed by atoms with Gasteiger partial charge in [-0.15, -0.1) is 0 Å². The molecule has 0 radical (unpaired) electrons. The van der Waals surface area contributed by atoms with Crippen molar-refractivity contribution in [1.82, 2.24) is 4.90 Å². The molecule has 3 aliphatic rings. The summed E-state index contributed by atoms with van der Waals surface area (Å²) in [5, 5.41) is 2.94. The van der Waals surface area contributed by atoms with Crippen molar-refractivity contribution in [1.29, 1.82) is 0 Å². The Morgan fingerprint density at radius 3 is 2.11 bits per heavy atom. The highest BCUT2D eigenvalue weighted by molar-refractivity contribution is 9.10. The molecule has 246 valence electrons. The average Bonchev–Trinajstić information content (AvgIpc) is 2.94. The number of nitrogens with one attached hydrogen (secondary N) is 1. The molecule has 0 atom stereocenters. The zero-order chi connectivity index (χ0) is 33.6. The predicted molar refractivity (Wildman–Crippen MR) is 185 cm³/mol. The second-order valence-corrected chi connectivity index (χ2v) is 15.4. The first-order chi connectivity index (χ1) is 21.7. The molecule has 0 saturated heterocycles. The van der Waals surface area contributed by atoms with Crippen LogP contribution >= 0.6 is 15.9 Å². The van der Waals surface area contributed by atoms with Crippen molar-refractivity contribution in [3.05, 3.63) is 74.0 Å². The smallest absolute Gasteiger partial charge is 0.262 e. The van der Waals surface area contributed by atoms with E-state index in [0.717, 1.165) is 70.7 Å². The molecule has 1 heterocycles. The Balaban J connectivity index is 1.57. The van der Waals surface area contributed by atoms with Gasteiger partial charge < -0.3 is 19.7 Å². The number of halogens is 1. The third-order valence-electron chi connectivity index (χ3n) is 9.36.